The van der Waals surface area contributed by atoms with Gasteiger partial charge >= 0.3 is 0 Å². The Morgan fingerprint density at radius 1 is 1.39 bits per heavy atom. The van der Waals surface area contributed by atoms with E-state index in [0.717, 1.165) is 19.6 Å². The molecule has 0 aromatic rings. The molecule has 1 aliphatic heterocycles. The first-order valence-electron chi connectivity index (χ1n) is 7.17. The Hall–Kier alpha value is 0.170. The van der Waals surface area contributed by atoms with Crippen LogP contribution >= 0.6 is 22.6 Å². The Bertz CT molecular complexity index is 293. The largest absolute Gasteiger partial charge is 0.376 e. The second-order valence-electron chi connectivity index (χ2n) is 5.44. The minimum atomic E-state index is 0.658. The number of unbranched alkanes of at least 4 members (excludes halogenated alkanes) is 3. The van der Waals surface area contributed by atoms with Gasteiger partial charge in [-0.15, -0.1) is 0 Å². The molecular weight excluding hydrogens is 335 g/mol. The quantitative estimate of drug-likeness (QED) is 0.246. The summed E-state index contributed by atoms with van der Waals surface area (Å²) >= 11 is 2.49. The van der Waals surface area contributed by atoms with Crippen LogP contribution in [0.1, 0.15) is 52.4 Å². The first-order valence-corrected chi connectivity index (χ1v) is 8.70. The van der Waals surface area contributed by atoms with E-state index in [4.69, 9.17) is 4.74 Å². The fourth-order valence-corrected chi connectivity index (χ4v) is 3.34. The second-order valence-corrected chi connectivity index (χ2v) is 6.32. The summed E-state index contributed by atoms with van der Waals surface area (Å²) in [5, 5.41) is 0. The number of halogens is 1. The molecule has 1 rings (SSSR count). The third-order valence-corrected chi connectivity index (χ3v) is 4.62. The summed E-state index contributed by atoms with van der Waals surface area (Å²) in [6.07, 6.45) is 7.69. The normalized spacial score (nSPS) is 22.3. The standard InChI is InChI=1S/C16H27IO/c1-4-5-6-7-8-14(9-13(2)3)16-12-18-11-15(16)10-17/h15H,2,4-12H2,1,3H3/b16-14-. The maximum absolute atomic E-state index is 5.66. The molecule has 0 amide bonds. The maximum atomic E-state index is 5.66. The zero-order valence-corrected chi connectivity index (χ0v) is 14.1. The Labute approximate surface area is 126 Å². The van der Waals surface area contributed by atoms with Gasteiger partial charge in [-0.2, -0.15) is 0 Å². The molecule has 0 saturated carbocycles. The van der Waals surface area contributed by atoms with Crippen molar-refractivity contribution in [2.45, 2.75) is 52.4 Å². The number of hydrogen-bond acceptors (Lipinski definition) is 1. The summed E-state index contributed by atoms with van der Waals surface area (Å²) < 4.78 is 6.84. The number of alkyl halides is 1. The summed E-state index contributed by atoms with van der Waals surface area (Å²) in [6, 6.07) is 0. The molecule has 1 heterocycles. The van der Waals surface area contributed by atoms with Crippen LogP contribution in [-0.2, 0) is 4.74 Å². The molecule has 1 saturated heterocycles. The van der Waals surface area contributed by atoms with E-state index in [-0.39, 0.29) is 0 Å². The van der Waals surface area contributed by atoms with Crippen molar-refractivity contribution < 1.29 is 4.74 Å². The molecule has 0 radical (unpaired) electrons. The zero-order chi connectivity index (χ0) is 13.4. The first kappa shape index (κ1) is 16.2. The summed E-state index contributed by atoms with van der Waals surface area (Å²) in [6.45, 7) is 10.3. The minimum absolute atomic E-state index is 0.658. The molecule has 0 aliphatic carbocycles. The van der Waals surface area contributed by atoms with Gasteiger partial charge in [-0.25, -0.2) is 0 Å². The number of ether oxygens (including phenoxy) is 1. The highest BCUT2D eigenvalue weighted by molar-refractivity contribution is 14.1. The van der Waals surface area contributed by atoms with E-state index in [9.17, 15) is 0 Å². The molecule has 2 heteroatoms. The van der Waals surface area contributed by atoms with Gasteiger partial charge < -0.3 is 4.74 Å². The lowest BCUT2D eigenvalue weighted by molar-refractivity contribution is 0.192. The lowest BCUT2D eigenvalue weighted by atomic mass is 9.91. The molecule has 1 nitrogen and oxygen atoms in total. The highest BCUT2D eigenvalue weighted by Gasteiger charge is 2.23. The van der Waals surface area contributed by atoms with Crippen LogP contribution in [0.5, 0.6) is 0 Å². The Kier molecular flexibility index (Phi) is 8.23. The zero-order valence-electron chi connectivity index (χ0n) is 11.9. The van der Waals surface area contributed by atoms with Crippen LogP contribution in [0.25, 0.3) is 0 Å². The lowest BCUT2D eigenvalue weighted by Gasteiger charge is -2.15. The van der Waals surface area contributed by atoms with E-state index in [2.05, 4.69) is 43.0 Å². The molecule has 0 bridgehead atoms. The van der Waals surface area contributed by atoms with Crippen molar-refractivity contribution in [1.29, 1.82) is 0 Å². The number of rotatable bonds is 8. The smallest absolute Gasteiger partial charge is 0.0683 e. The van der Waals surface area contributed by atoms with Gasteiger partial charge in [-0.1, -0.05) is 66.5 Å². The third kappa shape index (κ3) is 5.43. The van der Waals surface area contributed by atoms with Gasteiger partial charge in [0.1, 0.15) is 0 Å². The summed E-state index contributed by atoms with van der Waals surface area (Å²) in [4.78, 5) is 0. The predicted molar refractivity (Wildman–Crippen MR) is 88.4 cm³/mol. The van der Waals surface area contributed by atoms with Gasteiger partial charge in [-0.3, -0.25) is 0 Å². The van der Waals surface area contributed by atoms with E-state index in [1.54, 1.807) is 11.1 Å². The van der Waals surface area contributed by atoms with E-state index in [1.807, 2.05) is 0 Å². The van der Waals surface area contributed by atoms with Crippen LogP contribution in [0.15, 0.2) is 23.3 Å². The Morgan fingerprint density at radius 3 is 2.78 bits per heavy atom. The van der Waals surface area contributed by atoms with Crippen molar-refractivity contribution >= 4 is 22.6 Å². The van der Waals surface area contributed by atoms with Crippen LogP contribution in [0, 0.1) is 5.92 Å². The fraction of sp³-hybridized carbons (Fsp3) is 0.750. The number of allylic oxidation sites excluding steroid dienone is 2. The molecule has 0 N–H and O–H groups in total. The molecule has 1 unspecified atom stereocenters. The van der Waals surface area contributed by atoms with Crippen molar-refractivity contribution in [2.75, 3.05) is 17.6 Å². The number of hydrogen-bond donors (Lipinski definition) is 0. The van der Waals surface area contributed by atoms with Crippen molar-refractivity contribution in [2.24, 2.45) is 5.92 Å². The van der Waals surface area contributed by atoms with E-state index < -0.39 is 0 Å². The van der Waals surface area contributed by atoms with Crippen LogP contribution in [-0.4, -0.2) is 17.6 Å². The lowest BCUT2D eigenvalue weighted by Crippen LogP contribution is -2.06. The molecule has 104 valence electrons. The minimum Gasteiger partial charge on any atom is -0.376 e. The van der Waals surface area contributed by atoms with Crippen molar-refractivity contribution in [3.8, 4) is 0 Å². The second kappa shape index (κ2) is 9.13. The van der Waals surface area contributed by atoms with Gasteiger partial charge in [0.2, 0.25) is 0 Å². The van der Waals surface area contributed by atoms with Crippen molar-refractivity contribution in [1.82, 2.24) is 0 Å². The molecular formula is C16H27IO. The van der Waals surface area contributed by atoms with Gasteiger partial charge in [0, 0.05) is 10.3 Å². The van der Waals surface area contributed by atoms with Gasteiger partial charge in [-0.05, 0) is 31.8 Å². The van der Waals surface area contributed by atoms with E-state index in [1.165, 1.54) is 42.1 Å². The van der Waals surface area contributed by atoms with Gasteiger partial charge in [0.05, 0.1) is 13.2 Å². The predicted octanol–water partition coefficient (Wildman–Crippen LogP) is 5.30. The fourth-order valence-electron chi connectivity index (χ4n) is 2.55. The van der Waals surface area contributed by atoms with E-state index >= 15 is 0 Å². The summed E-state index contributed by atoms with van der Waals surface area (Å²) in [5.41, 5.74) is 4.49. The highest BCUT2D eigenvalue weighted by atomic mass is 127. The van der Waals surface area contributed by atoms with Crippen molar-refractivity contribution in [3.63, 3.8) is 0 Å². The van der Waals surface area contributed by atoms with Crippen LogP contribution in [0.3, 0.4) is 0 Å². The average Bonchev–Trinajstić information content (AvgIpc) is 2.80. The van der Waals surface area contributed by atoms with Crippen LogP contribution < -0.4 is 0 Å². The molecule has 0 aromatic carbocycles. The summed E-state index contributed by atoms with van der Waals surface area (Å²) in [7, 11) is 0. The molecule has 0 aromatic heterocycles. The summed E-state index contributed by atoms with van der Waals surface area (Å²) in [5.74, 6) is 0.658. The van der Waals surface area contributed by atoms with E-state index in [0.29, 0.717) is 5.92 Å². The van der Waals surface area contributed by atoms with Crippen LogP contribution in [0.2, 0.25) is 0 Å². The molecule has 1 atom stereocenters. The van der Waals surface area contributed by atoms with Gasteiger partial charge in [0.15, 0.2) is 0 Å². The molecule has 0 spiro atoms. The first-order chi connectivity index (χ1) is 8.69. The Morgan fingerprint density at radius 2 is 2.17 bits per heavy atom. The third-order valence-electron chi connectivity index (χ3n) is 3.56. The molecule has 1 fully saturated rings. The van der Waals surface area contributed by atoms with Gasteiger partial charge in [0.25, 0.3) is 0 Å². The average molecular weight is 362 g/mol. The van der Waals surface area contributed by atoms with Crippen molar-refractivity contribution in [3.05, 3.63) is 23.3 Å². The topological polar surface area (TPSA) is 9.23 Å². The maximum Gasteiger partial charge on any atom is 0.0683 e. The molecule has 1 aliphatic rings. The Balaban J connectivity index is 2.64. The SMILES string of the molecule is C=C(C)C/C(CCCCCC)=C1/COCC1CI. The highest BCUT2D eigenvalue weighted by Crippen LogP contribution is 2.30. The monoisotopic (exact) mass is 362 g/mol. The molecule has 18 heavy (non-hydrogen) atoms. The van der Waals surface area contributed by atoms with Crippen LogP contribution in [0.4, 0.5) is 0 Å².